The van der Waals surface area contributed by atoms with Crippen molar-refractivity contribution < 1.29 is 99.6 Å². The molecule has 20 heteroatoms. The fourth-order valence-corrected chi connectivity index (χ4v) is 13.9. The first kappa shape index (κ1) is 54.4. The lowest BCUT2D eigenvalue weighted by atomic mass is 9.38. The van der Waals surface area contributed by atoms with Gasteiger partial charge in [0, 0.05) is 17.3 Å². The number of rotatable bonds is 14. The minimum absolute atomic E-state index is 0.0434. The summed E-state index contributed by atoms with van der Waals surface area (Å²) in [5.74, 6) is -0.402. The summed E-state index contributed by atoms with van der Waals surface area (Å²) in [6.07, 6.45) is -19.1. The number of fused-ring (bicyclic) bond motifs is 5. The third-order valence-corrected chi connectivity index (χ3v) is 18.4. The van der Waals surface area contributed by atoms with Crippen LogP contribution in [0.1, 0.15) is 107 Å². The zero-order valence-electron chi connectivity index (χ0n) is 40.6. The predicted molar refractivity (Wildman–Crippen MR) is 235 cm³/mol. The van der Waals surface area contributed by atoms with Crippen molar-refractivity contribution in [2.24, 2.45) is 39.4 Å². The average Bonchev–Trinajstić information content (AvgIpc) is 3.55. The zero-order chi connectivity index (χ0) is 50.4. The van der Waals surface area contributed by atoms with Gasteiger partial charge in [-0.15, -0.1) is 0 Å². The highest BCUT2D eigenvalue weighted by atomic mass is 16.7. The lowest BCUT2D eigenvalue weighted by Crippen LogP contribution is -2.64. The first-order valence-corrected chi connectivity index (χ1v) is 24.4. The zero-order valence-corrected chi connectivity index (χ0v) is 40.6. The topological polar surface area (TPSA) is 335 Å². The van der Waals surface area contributed by atoms with Crippen molar-refractivity contribution in [1.82, 2.24) is 0 Å². The van der Waals surface area contributed by atoms with Crippen LogP contribution in [0, 0.1) is 39.4 Å². The fraction of sp³-hybridized carbons (Fsp3) is 0.938. The minimum Gasteiger partial charge on any atom is -0.394 e. The van der Waals surface area contributed by atoms with E-state index in [2.05, 4.69) is 26.8 Å². The number of allylic oxidation sites excluding steroid dienone is 1. The number of carbonyl (C=O) groups excluding carboxylic acids is 1. The van der Waals surface area contributed by atoms with E-state index in [0.29, 0.717) is 25.7 Å². The van der Waals surface area contributed by atoms with Crippen LogP contribution >= 0.6 is 0 Å². The van der Waals surface area contributed by atoms with Crippen LogP contribution in [0.3, 0.4) is 0 Å². The molecule has 0 amide bonds. The molecule has 0 unspecified atom stereocenters. The number of aliphatic hydroxyl groups is 13. The summed E-state index contributed by atoms with van der Waals surface area (Å²) in [6, 6.07) is 0. The van der Waals surface area contributed by atoms with Crippen LogP contribution in [0.15, 0.2) is 11.6 Å². The molecule has 0 radical (unpaired) electrons. The molecule has 392 valence electrons. The molecule has 0 aromatic rings. The van der Waals surface area contributed by atoms with E-state index in [4.69, 9.17) is 28.4 Å². The van der Waals surface area contributed by atoms with E-state index in [1.165, 1.54) is 13.8 Å². The molecular weight excluding hydrogens is 897 g/mol. The van der Waals surface area contributed by atoms with Crippen molar-refractivity contribution >= 4 is 5.78 Å². The minimum atomic E-state index is -1.81. The Morgan fingerprint density at radius 2 is 1.22 bits per heavy atom. The van der Waals surface area contributed by atoms with Crippen molar-refractivity contribution in [3.05, 3.63) is 11.6 Å². The highest BCUT2D eigenvalue weighted by molar-refractivity contribution is 5.88. The van der Waals surface area contributed by atoms with E-state index in [0.717, 1.165) is 12.0 Å². The van der Waals surface area contributed by atoms with Crippen LogP contribution in [0.2, 0.25) is 0 Å². The standard InChI is InChI=1S/C48H80O20/c1-43(2)21-9-11-27-45(5)15-13-26(46(45,6)17-28(51)48(27,8)22(21)10-12-29(43)67-41-38(59)35(56)32(53)24(19-50)65-41)47(7,62)16-14-30(44(3,4)61)68-42-39(60)36(57)33(54)25(66-42)20-63-40-37(58)34(55)31(52)23(18-49)64-40/h9,22-27,29-42,49-50,52-62H,10-20H2,1-8H3/t22-,23-,24-,25-,26+,27+,29+,30-,31-,32-,33-,34+,35+,36+,37-,38-,39-,40-,41+,42+,45+,46-,47+,48+/m1/s1. The average molecular weight is 977 g/mol. The van der Waals surface area contributed by atoms with Crippen LogP contribution in [-0.2, 0) is 33.2 Å². The molecule has 68 heavy (non-hydrogen) atoms. The SMILES string of the molecule is CC(C)(O)[C@@H](CC[C@](C)(O)[C@H]1CC[C@@]2(C)[C@@H]3CC=C4[C@@H](CC[C@H](O[C@@H]5O[C@H](CO)[C@@H](O)[C@H](O)[C@H]5O)C4(C)C)[C@]3(C)C(=O)C[C@]12C)O[C@@H]1O[C@H](CO[C@@H]2O[C@H](CO)[C@@H](O)[C@H](O)[C@H]2O)[C@@H](O)[C@H](O)[C@H]1O. The van der Waals surface area contributed by atoms with Gasteiger partial charge < -0.3 is 94.8 Å². The van der Waals surface area contributed by atoms with Gasteiger partial charge in [0.05, 0.1) is 43.2 Å². The number of hydrogen-bond donors (Lipinski definition) is 13. The molecule has 6 fully saturated rings. The van der Waals surface area contributed by atoms with E-state index in [1.54, 1.807) is 6.92 Å². The molecule has 4 aliphatic carbocycles. The summed E-state index contributed by atoms with van der Waals surface area (Å²) in [5, 5.41) is 138. The molecule has 0 aromatic heterocycles. The van der Waals surface area contributed by atoms with Crippen LogP contribution in [-0.4, -0.2) is 208 Å². The molecule has 3 saturated carbocycles. The molecule has 3 saturated heterocycles. The number of Topliss-reactive ketones (excluding diaryl/α,β-unsaturated/α-hetero) is 1. The second-order valence-electron chi connectivity index (χ2n) is 23.1. The van der Waals surface area contributed by atoms with E-state index in [-0.39, 0.29) is 48.2 Å². The van der Waals surface area contributed by atoms with Gasteiger partial charge in [-0.2, -0.15) is 0 Å². The number of carbonyl (C=O) groups is 1. The second kappa shape index (κ2) is 19.5. The van der Waals surface area contributed by atoms with Crippen LogP contribution in [0.25, 0.3) is 0 Å². The van der Waals surface area contributed by atoms with Gasteiger partial charge in [0.15, 0.2) is 18.9 Å². The smallest absolute Gasteiger partial charge is 0.187 e. The number of ketones is 1. The van der Waals surface area contributed by atoms with Gasteiger partial charge >= 0.3 is 0 Å². The monoisotopic (exact) mass is 977 g/mol. The summed E-state index contributed by atoms with van der Waals surface area (Å²) < 4.78 is 35.1. The Morgan fingerprint density at radius 3 is 1.79 bits per heavy atom. The Hall–Kier alpha value is -1.35. The summed E-state index contributed by atoms with van der Waals surface area (Å²) in [6.45, 7) is 13.4. The predicted octanol–water partition coefficient (Wildman–Crippen LogP) is -1.73. The lowest BCUT2D eigenvalue weighted by molar-refractivity contribution is -0.341. The summed E-state index contributed by atoms with van der Waals surface area (Å²) in [7, 11) is 0. The van der Waals surface area contributed by atoms with Crippen LogP contribution in [0.5, 0.6) is 0 Å². The van der Waals surface area contributed by atoms with Crippen LogP contribution < -0.4 is 0 Å². The number of hydrogen-bond acceptors (Lipinski definition) is 20. The molecule has 20 nitrogen and oxygen atoms in total. The molecule has 0 spiro atoms. The number of ether oxygens (including phenoxy) is 6. The van der Waals surface area contributed by atoms with Crippen molar-refractivity contribution in [3.8, 4) is 0 Å². The van der Waals surface area contributed by atoms with Gasteiger partial charge in [0.2, 0.25) is 0 Å². The second-order valence-corrected chi connectivity index (χ2v) is 23.1. The van der Waals surface area contributed by atoms with Gasteiger partial charge in [-0.25, -0.2) is 0 Å². The number of aliphatic hydroxyl groups excluding tert-OH is 11. The molecule has 3 heterocycles. The molecule has 3 aliphatic heterocycles. The first-order chi connectivity index (χ1) is 31.5. The molecule has 7 aliphatic rings. The summed E-state index contributed by atoms with van der Waals surface area (Å²) in [5.41, 5.74) is -4.25. The Balaban J connectivity index is 1.04. The van der Waals surface area contributed by atoms with Crippen molar-refractivity contribution in [2.45, 2.75) is 222 Å². The Kier molecular flexibility index (Phi) is 15.6. The maximum absolute atomic E-state index is 15.0. The maximum Gasteiger partial charge on any atom is 0.187 e. The van der Waals surface area contributed by atoms with Gasteiger partial charge in [0.25, 0.3) is 0 Å². The first-order valence-electron chi connectivity index (χ1n) is 24.4. The van der Waals surface area contributed by atoms with Gasteiger partial charge in [-0.05, 0) is 94.3 Å². The Morgan fingerprint density at radius 1 is 0.691 bits per heavy atom. The highest BCUT2D eigenvalue weighted by Crippen LogP contribution is 2.74. The third-order valence-electron chi connectivity index (χ3n) is 18.4. The van der Waals surface area contributed by atoms with Gasteiger partial charge in [-0.3, -0.25) is 4.79 Å². The van der Waals surface area contributed by atoms with Crippen molar-refractivity contribution in [3.63, 3.8) is 0 Å². The van der Waals surface area contributed by atoms with E-state index in [1.807, 2.05) is 13.8 Å². The fourth-order valence-electron chi connectivity index (χ4n) is 13.9. The molecule has 0 bridgehead atoms. The Bertz CT molecular complexity index is 1800. The summed E-state index contributed by atoms with van der Waals surface area (Å²) >= 11 is 0. The molecule has 13 N–H and O–H groups in total. The van der Waals surface area contributed by atoms with E-state index in [9.17, 15) is 66.4 Å². The van der Waals surface area contributed by atoms with E-state index < -0.39 is 152 Å². The van der Waals surface area contributed by atoms with Crippen molar-refractivity contribution in [1.29, 1.82) is 0 Å². The lowest BCUT2D eigenvalue weighted by Gasteiger charge is -2.65. The highest BCUT2D eigenvalue weighted by Gasteiger charge is 2.72. The Labute approximate surface area is 397 Å². The molecule has 7 rings (SSSR count). The van der Waals surface area contributed by atoms with Crippen molar-refractivity contribution in [2.75, 3.05) is 19.8 Å². The molecule has 24 atom stereocenters. The largest absolute Gasteiger partial charge is 0.394 e. The summed E-state index contributed by atoms with van der Waals surface area (Å²) in [4.78, 5) is 15.0. The quantitative estimate of drug-likeness (QED) is 0.0860. The van der Waals surface area contributed by atoms with Crippen LogP contribution in [0.4, 0.5) is 0 Å². The molecule has 0 aromatic carbocycles. The third kappa shape index (κ3) is 9.10. The van der Waals surface area contributed by atoms with Gasteiger partial charge in [-0.1, -0.05) is 46.3 Å². The molecular formula is C48H80O20. The maximum atomic E-state index is 15.0. The normalized spacial score (nSPS) is 49.8. The van der Waals surface area contributed by atoms with Gasteiger partial charge in [0.1, 0.15) is 79.0 Å². The van der Waals surface area contributed by atoms with E-state index >= 15 is 4.79 Å².